The van der Waals surface area contributed by atoms with E-state index in [4.69, 9.17) is 14.2 Å². The third-order valence-electron chi connectivity index (χ3n) is 11.7. The van der Waals surface area contributed by atoms with Gasteiger partial charge in [-0.3, -0.25) is 14.4 Å². The van der Waals surface area contributed by atoms with E-state index >= 15 is 0 Å². The first-order valence-corrected chi connectivity index (χ1v) is 27.4. The smallest absolute Gasteiger partial charge is 0.306 e. The molecule has 0 saturated carbocycles. The number of hydrogen-bond donors (Lipinski definition) is 0. The van der Waals surface area contributed by atoms with Crippen LogP contribution in [0.3, 0.4) is 0 Å². The van der Waals surface area contributed by atoms with Crippen LogP contribution in [0.2, 0.25) is 0 Å². The minimum absolute atomic E-state index is 0.0878. The fourth-order valence-corrected chi connectivity index (χ4v) is 7.45. The van der Waals surface area contributed by atoms with Crippen LogP contribution in [-0.2, 0) is 28.6 Å². The molecule has 0 spiro atoms. The van der Waals surface area contributed by atoms with Crippen LogP contribution in [0, 0.1) is 0 Å². The molecular formula is C59H102O6. The first-order valence-electron chi connectivity index (χ1n) is 27.4. The fourth-order valence-electron chi connectivity index (χ4n) is 7.45. The average Bonchev–Trinajstić information content (AvgIpc) is 3.30. The number of esters is 3. The second-order valence-electron chi connectivity index (χ2n) is 18.1. The highest BCUT2D eigenvalue weighted by molar-refractivity contribution is 5.71. The van der Waals surface area contributed by atoms with E-state index in [2.05, 4.69) is 93.7 Å². The first-order chi connectivity index (χ1) is 32.0. The molecule has 65 heavy (non-hydrogen) atoms. The van der Waals surface area contributed by atoms with Crippen molar-refractivity contribution in [1.82, 2.24) is 0 Å². The molecule has 0 aromatic heterocycles. The molecule has 0 aliphatic heterocycles. The molecule has 0 aliphatic carbocycles. The summed E-state index contributed by atoms with van der Waals surface area (Å²) in [5, 5.41) is 0. The molecule has 0 bridgehead atoms. The molecule has 0 aromatic carbocycles. The largest absolute Gasteiger partial charge is 0.462 e. The maximum atomic E-state index is 12.8. The quantitative estimate of drug-likeness (QED) is 0.0262. The van der Waals surface area contributed by atoms with Crippen molar-refractivity contribution in [2.24, 2.45) is 0 Å². The summed E-state index contributed by atoms with van der Waals surface area (Å²) in [5.41, 5.74) is 0. The molecule has 0 fully saturated rings. The Morgan fingerprint density at radius 1 is 0.308 bits per heavy atom. The van der Waals surface area contributed by atoms with Gasteiger partial charge in [-0.2, -0.15) is 0 Å². The van der Waals surface area contributed by atoms with Crippen molar-refractivity contribution >= 4 is 17.9 Å². The zero-order chi connectivity index (χ0) is 47.2. The predicted octanol–water partition coefficient (Wildman–Crippen LogP) is 18.2. The lowest BCUT2D eigenvalue weighted by atomic mass is 10.1. The third-order valence-corrected chi connectivity index (χ3v) is 11.7. The van der Waals surface area contributed by atoms with Crippen molar-refractivity contribution in [3.8, 4) is 0 Å². The van der Waals surface area contributed by atoms with E-state index in [1.807, 2.05) is 0 Å². The molecule has 6 nitrogen and oxygen atoms in total. The number of unbranched alkanes of at least 4 members (excludes halogenated alkanes) is 26. The van der Waals surface area contributed by atoms with E-state index in [9.17, 15) is 14.4 Å². The van der Waals surface area contributed by atoms with Crippen LogP contribution < -0.4 is 0 Å². The van der Waals surface area contributed by atoms with Gasteiger partial charge in [0.25, 0.3) is 0 Å². The summed E-state index contributed by atoms with van der Waals surface area (Å²) < 4.78 is 16.8. The number of hydrogen-bond acceptors (Lipinski definition) is 6. The topological polar surface area (TPSA) is 78.9 Å². The Bertz CT molecular complexity index is 1230. The lowest BCUT2D eigenvalue weighted by molar-refractivity contribution is -0.167. The molecule has 6 heteroatoms. The van der Waals surface area contributed by atoms with Crippen LogP contribution in [-0.4, -0.2) is 37.2 Å². The Kier molecular flexibility index (Phi) is 50.9. The minimum Gasteiger partial charge on any atom is -0.462 e. The summed E-state index contributed by atoms with van der Waals surface area (Å²) in [7, 11) is 0. The highest BCUT2D eigenvalue weighted by Crippen LogP contribution is 2.14. The van der Waals surface area contributed by atoms with Crippen molar-refractivity contribution in [3.05, 3.63) is 72.9 Å². The second-order valence-corrected chi connectivity index (χ2v) is 18.1. The molecule has 0 aromatic rings. The molecule has 0 saturated heterocycles. The zero-order valence-electron chi connectivity index (χ0n) is 42.7. The maximum absolute atomic E-state index is 12.8. The van der Waals surface area contributed by atoms with E-state index in [0.29, 0.717) is 19.3 Å². The van der Waals surface area contributed by atoms with Crippen LogP contribution in [0.15, 0.2) is 72.9 Å². The van der Waals surface area contributed by atoms with E-state index in [-0.39, 0.29) is 31.1 Å². The first kappa shape index (κ1) is 61.9. The molecule has 0 radical (unpaired) electrons. The predicted molar refractivity (Wildman–Crippen MR) is 279 cm³/mol. The van der Waals surface area contributed by atoms with Gasteiger partial charge in [0, 0.05) is 19.3 Å². The molecular weight excluding hydrogens is 805 g/mol. The maximum Gasteiger partial charge on any atom is 0.306 e. The molecule has 0 rings (SSSR count). The van der Waals surface area contributed by atoms with Crippen LogP contribution in [0.1, 0.15) is 265 Å². The summed E-state index contributed by atoms with van der Waals surface area (Å²) in [6.07, 6.45) is 67.4. The highest BCUT2D eigenvalue weighted by atomic mass is 16.6. The molecule has 0 unspecified atom stereocenters. The summed E-state index contributed by atoms with van der Waals surface area (Å²) in [6, 6.07) is 0. The number of allylic oxidation sites excluding steroid dienone is 12. The Morgan fingerprint density at radius 3 is 0.892 bits per heavy atom. The number of carbonyl (C=O) groups is 3. The van der Waals surface area contributed by atoms with Gasteiger partial charge < -0.3 is 14.2 Å². The summed E-state index contributed by atoms with van der Waals surface area (Å²) >= 11 is 0. The van der Waals surface area contributed by atoms with E-state index < -0.39 is 6.10 Å². The molecule has 0 aliphatic rings. The molecule has 374 valence electrons. The van der Waals surface area contributed by atoms with Crippen molar-refractivity contribution < 1.29 is 28.6 Å². The fraction of sp³-hybridized carbons (Fsp3) is 0.746. The summed E-state index contributed by atoms with van der Waals surface area (Å²) in [5.74, 6) is -0.916. The summed E-state index contributed by atoms with van der Waals surface area (Å²) in [6.45, 7) is 6.51. The Balaban J connectivity index is 4.40. The third kappa shape index (κ3) is 51.7. The highest BCUT2D eigenvalue weighted by Gasteiger charge is 2.19. The number of ether oxygens (including phenoxy) is 3. The zero-order valence-corrected chi connectivity index (χ0v) is 42.7. The molecule has 0 heterocycles. The van der Waals surface area contributed by atoms with Crippen molar-refractivity contribution in [2.75, 3.05) is 13.2 Å². The van der Waals surface area contributed by atoms with Gasteiger partial charge >= 0.3 is 17.9 Å². The van der Waals surface area contributed by atoms with Gasteiger partial charge in [-0.05, 0) is 103 Å². The van der Waals surface area contributed by atoms with E-state index in [1.165, 1.54) is 109 Å². The van der Waals surface area contributed by atoms with Gasteiger partial charge in [-0.1, -0.05) is 216 Å². The normalized spacial score (nSPS) is 12.6. The standard InChI is InChI=1S/C59H102O6/c1-4-7-10-13-16-19-22-25-28-29-30-31-32-35-37-40-43-46-49-52-58(61)64-55-56(65-59(62)53-50-47-44-41-38-34-27-24-21-18-15-12-9-6-3)54-63-57(60)51-48-45-42-39-36-33-26-23-20-17-14-11-8-5-2/h14-19,23-28,56H,4-13,20-22,29-55H2,1-3H3/b17-14+,18-15+,19-16+,26-23+,27-24+,28-25+/t56-/m1/s1. The van der Waals surface area contributed by atoms with Crippen LogP contribution in [0.5, 0.6) is 0 Å². The average molecular weight is 907 g/mol. The number of carbonyl (C=O) groups excluding carboxylic acids is 3. The lowest BCUT2D eigenvalue weighted by Crippen LogP contribution is -2.30. The summed E-state index contributed by atoms with van der Waals surface area (Å²) in [4.78, 5) is 38.1. The Labute approximate surface area is 402 Å². The number of rotatable bonds is 49. The van der Waals surface area contributed by atoms with Gasteiger partial charge in [0.2, 0.25) is 0 Å². The van der Waals surface area contributed by atoms with Crippen LogP contribution >= 0.6 is 0 Å². The van der Waals surface area contributed by atoms with Crippen molar-refractivity contribution in [2.45, 2.75) is 271 Å². The monoisotopic (exact) mass is 907 g/mol. The van der Waals surface area contributed by atoms with Gasteiger partial charge in [-0.25, -0.2) is 0 Å². The van der Waals surface area contributed by atoms with Crippen molar-refractivity contribution in [1.29, 1.82) is 0 Å². The minimum atomic E-state index is -0.790. The van der Waals surface area contributed by atoms with E-state index in [1.54, 1.807) is 0 Å². The lowest BCUT2D eigenvalue weighted by Gasteiger charge is -2.18. The SMILES string of the molecule is CCCC/C=C/C/C=C/CCCCCCCC(=O)OC[C@H](COC(=O)CCCCCCCCCCC/C=C/C/C=C/CCCCC)OC(=O)CCCCCCC/C=C/C/C=C/CCCC. The molecule has 1 atom stereocenters. The van der Waals surface area contributed by atoms with Crippen LogP contribution in [0.4, 0.5) is 0 Å². The molecule has 0 amide bonds. The van der Waals surface area contributed by atoms with Gasteiger partial charge in [0.1, 0.15) is 13.2 Å². The van der Waals surface area contributed by atoms with Crippen molar-refractivity contribution in [3.63, 3.8) is 0 Å². The Morgan fingerprint density at radius 2 is 0.569 bits per heavy atom. The Hall–Kier alpha value is -3.15. The molecule has 0 N–H and O–H groups in total. The van der Waals surface area contributed by atoms with Gasteiger partial charge in [0.05, 0.1) is 0 Å². The van der Waals surface area contributed by atoms with Gasteiger partial charge in [-0.15, -0.1) is 0 Å². The van der Waals surface area contributed by atoms with Crippen LogP contribution in [0.25, 0.3) is 0 Å². The second kappa shape index (κ2) is 53.5. The van der Waals surface area contributed by atoms with E-state index in [0.717, 1.165) is 116 Å². The van der Waals surface area contributed by atoms with Gasteiger partial charge in [0.15, 0.2) is 6.10 Å².